The van der Waals surface area contributed by atoms with E-state index in [1.165, 1.54) is 73.0 Å². The Morgan fingerprint density at radius 3 is 1.65 bits per heavy atom. The van der Waals surface area contributed by atoms with Crippen LogP contribution in [0.25, 0.3) is 65.7 Å². The Morgan fingerprint density at radius 1 is 0.392 bits per heavy atom. The molecule has 1 fully saturated rings. The van der Waals surface area contributed by atoms with Crippen molar-refractivity contribution in [3.05, 3.63) is 188 Å². The van der Waals surface area contributed by atoms with E-state index in [4.69, 9.17) is 0 Å². The molecule has 0 unspecified atom stereocenters. The molecule has 1 saturated carbocycles. The standard InChI is InChI=1S/C49H35OP/c50-51(41-14-3-1-4-15-41,42-16-5-2-6-17-42)43-18-8-12-38(31-43)34-22-20-33(21-23-34)37-11-7-13-39(30-37)44-28-27-40-32-47(35-24-25-35)45-19-9-10-36-26-29-46(44)49(40)48(36)45/h1-23,26-32,35H,24-25H2. The average molecular weight is 671 g/mol. The van der Waals surface area contributed by atoms with Gasteiger partial charge < -0.3 is 4.57 Å². The van der Waals surface area contributed by atoms with Crippen LogP contribution in [0.2, 0.25) is 0 Å². The van der Waals surface area contributed by atoms with Crippen molar-refractivity contribution in [2.45, 2.75) is 18.8 Å². The summed E-state index contributed by atoms with van der Waals surface area (Å²) in [6.07, 6.45) is 2.60. The molecule has 0 atom stereocenters. The van der Waals surface area contributed by atoms with E-state index in [1.54, 1.807) is 0 Å². The maximum Gasteiger partial charge on any atom is 0.171 e. The van der Waals surface area contributed by atoms with Gasteiger partial charge in [-0.2, -0.15) is 0 Å². The minimum Gasteiger partial charge on any atom is -0.309 e. The van der Waals surface area contributed by atoms with Crippen molar-refractivity contribution in [2.24, 2.45) is 0 Å². The van der Waals surface area contributed by atoms with Gasteiger partial charge in [0.2, 0.25) is 0 Å². The van der Waals surface area contributed by atoms with E-state index < -0.39 is 7.14 Å². The van der Waals surface area contributed by atoms with Gasteiger partial charge in [0.05, 0.1) is 0 Å². The van der Waals surface area contributed by atoms with E-state index in [2.05, 4.69) is 109 Å². The smallest absolute Gasteiger partial charge is 0.171 e. The summed E-state index contributed by atoms with van der Waals surface area (Å²) >= 11 is 0. The number of hydrogen-bond donors (Lipinski definition) is 0. The summed E-state index contributed by atoms with van der Waals surface area (Å²) in [5.41, 5.74) is 8.52. The highest BCUT2D eigenvalue weighted by Gasteiger charge is 2.30. The van der Waals surface area contributed by atoms with E-state index in [-0.39, 0.29) is 0 Å². The molecule has 0 aliphatic heterocycles. The Hall–Kier alpha value is -5.75. The summed E-state index contributed by atoms with van der Waals surface area (Å²) in [6.45, 7) is 0. The molecule has 0 aromatic heterocycles. The van der Waals surface area contributed by atoms with Crippen LogP contribution in [-0.2, 0) is 4.57 Å². The second kappa shape index (κ2) is 11.9. The normalized spacial score (nSPS) is 13.3. The molecule has 9 aromatic rings. The zero-order chi connectivity index (χ0) is 33.9. The van der Waals surface area contributed by atoms with Crippen molar-refractivity contribution < 1.29 is 4.57 Å². The molecule has 51 heavy (non-hydrogen) atoms. The molecule has 0 radical (unpaired) electrons. The second-order valence-corrected chi connectivity index (χ2v) is 16.7. The molecule has 0 saturated heterocycles. The third-order valence-electron chi connectivity index (χ3n) is 10.9. The van der Waals surface area contributed by atoms with Crippen LogP contribution in [0, 0.1) is 0 Å². The Balaban J connectivity index is 1.01. The summed E-state index contributed by atoms with van der Waals surface area (Å²) in [4.78, 5) is 0. The fourth-order valence-corrected chi connectivity index (χ4v) is 10.9. The SMILES string of the molecule is O=P(c1ccccc1)(c1ccccc1)c1cccc(-c2ccc(-c3cccc(-c4ccc5cc(C6CC6)c6cccc7ccc4c5c76)c3)cc2)c1. The average Bonchev–Trinajstić information content (AvgIpc) is 4.06. The molecule has 1 aliphatic carbocycles. The third-order valence-corrected chi connectivity index (χ3v) is 13.9. The van der Waals surface area contributed by atoms with Crippen LogP contribution in [-0.4, -0.2) is 0 Å². The van der Waals surface area contributed by atoms with Crippen molar-refractivity contribution in [2.75, 3.05) is 0 Å². The van der Waals surface area contributed by atoms with Crippen molar-refractivity contribution in [1.82, 2.24) is 0 Å². The van der Waals surface area contributed by atoms with Gasteiger partial charge in [-0.3, -0.25) is 0 Å². The molecular weight excluding hydrogens is 636 g/mol. The van der Waals surface area contributed by atoms with Crippen molar-refractivity contribution in [1.29, 1.82) is 0 Å². The van der Waals surface area contributed by atoms with Crippen molar-refractivity contribution >= 4 is 55.4 Å². The van der Waals surface area contributed by atoms with Crippen LogP contribution in [0.5, 0.6) is 0 Å². The Bertz CT molecular complexity index is 2720. The minimum atomic E-state index is -3.06. The zero-order valence-electron chi connectivity index (χ0n) is 28.2. The summed E-state index contributed by atoms with van der Waals surface area (Å²) in [5, 5.41) is 10.7. The Morgan fingerprint density at radius 2 is 0.961 bits per heavy atom. The van der Waals surface area contributed by atoms with Crippen LogP contribution in [0.3, 0.4) is 0 Å². The van der Waals surface area contributed by atoms with Gasteiger partial charge in [-0.15, -0.1) is 0 Å². The van der Waals surface area contributed by atoms with Gasteiger partial charge in [0, 0.05) is 15.9 Å². The van der Waals surface area contributed by atoms with Crippen LogP contribution in [0.15, 0.2) is 182 Å². The quantitative estimate of drug-likeness (QED) is 0.122. The number of hydrogen-bond acceptors (Lipinski definition) is 1. The fourth-order valence-electron chi connectivity index (χ4n) is 8.17. The van der Waals surface area contributed by atoms with Crippen LogP contribution in [0.1, 0.15) is 24.3 Å². The van der Waals surface area contributed by atoms with Gasteiger partial charge in [-0.05, 0) is 102 Å². The van der Waals surface area contributed by atoms with Crippen LogP contribution < -0.4 is 15.9 Å². The van der Waals surface area contributed by atoms with Gasteiger partial charge in [0.1, 0.15) is 0 Å². The first-order valence-electron chi connectivity index (χ1n) is 17.9. The highest BCUT2D eigenvalue weighted by molar-refractivity contribution is 7.85. The summed E-state index contributed by atoms with van der Waals surface area (Å²) in [5.74, 6) is 0.705. The molecule has 2 heteroatoms. The van der Waals surface area contributed by atoms with Gasteiger partial charge in [-0.1, -0.05) is 170 Å². The molecular formula is C49H35OP. The lowest BCUT2D eigenvalue weighted by Gasteiger charge is -2.20. The highest BCUT2D eigenvalue weighted by Crippen LogP contribution is 2.48. The first-order valence-corrected chi connectivity index (χ1v) is 19.6. The monoisotopic (exact) mass is 670 g/mol. The highest BCUT2D eigenvalue weighted by atomic mass is 31.2. The van der Waals surface area contributed by atoms with E-state index in [0.29, 0.717) is 5.92 Å². The van der Waals surface area contributed by atoms with Crippen LogP contribution >= 0.6 is 7.14 Å². The Kier molecular flexibility index (Phi) is 7.05. The van der Waals surface area contributed by atoms with E-state index >= 15 is 4.57 Å². The zero-order valence-corrected chi connectivity index (χ0v) is 29.1. The maximum atomic E-state index is 15.0. The molecule has 0 bridgehead atoms. The van der Waals surface area contributed by atoms with Gasteiger partial charge in [-0.25, -0.2) is 0 Å². The maximum absolute atomic E-state index is 15.0. The molecule has 9 aromatic carbocycles. The van der Waals surface area contributed by atoms with Gasteiger partial charge >= 0.3 is 0 Å². The molecule has 1 nitrogen and oxygen atoms in total. The van der Waals surface area contributed by atoms with Crippen molar-refractivity contribution in [3.8, 4) is 33.4 Å². The predicted octanol–water partition coefficient (Wildman–Crippen LogP) is 12.1. The van der Waals surface area contributed by atoms with E-state index in [0.717, 1.165) is 27.0 Å². The lowest BCUT2D eigenvalue weighted by Crippen LogP contribution is -2.25. The van der Waals surface area contributed by atoms with E-state index in [1.807, 2.05) is 72.8 Å². The summed E-state index contributed by atoms with van der Waals surface area (Å²) < 4.78 is 15.0. The lowest BCUT2D eigenvalue weighted by atomic mass is 9.86. The molecule has 0 spiro atoms. The predicted molar refractivity (Wildman–Crippen MR) is 218 cm³/mol. The summed E-state index contributed by atoms with van der Waals surface area (Å²) in [6, 6.07) is 64.3. The molecule has 1 aliphatic rings. The first kappa shape index (κ1) is 30.1. The lowest BCUT2D eigenvalue weighted by molar-refractivity contribution is 0.592. The number of benzene rings is 9. The van der Waals surface area contributed by atoms with Gasteiger partial charge in [0.15, 0.2) is 7.14 Å². The largest absolute Gasteiger partial charge is 0.309 e. The molecule has 0 heterocycles. The first-order chi connectivity index (χ1) is 25.1. The van der Waals surface area contributed by atoms with Crippen LogP contribution in [0.4, 0.5) is 0 Å². The topological polar surface area (TPSA) is 17.1 Å². The van der Waals surface area contributed by atoms with Gasteiger partial charge in [0.25, 0.3) is 0 Å². The third kappa shape index (κ3) is 5.04. The molecule has 242 valence electrons. The fraction of sp³-hybridized carbons (Fsp3) is 0.0612. The van der Waals surface area contributed by atoms with E-state index in [9.17, 15) is 0 Å². The second-order valence-electron chi connectivity index (χ2n) is 14.0. The van der Waals surface area contributed by atoms with Crippen molar-refractivity contribution in [3.63, 3.8) is 0 Å². The molecule has 0 amide bonds. The molecule has 0 N–H and O–H groups in total. The molecule has 10 rings (SSSR count). The minimum absolute atomic E-state index is 0.705. The number of rotatable bonds is 7. The Labute approximate surface area is 298 Å². The summed E-state index contributed by atoms with van der Waals surface area (Å²) in [7, 11) is -3.06.